The van der Waals surface area contributed by atoms with E-state index < -0.39 is 37.0 Å². The number of hydrogen-bond acceptors (Lipinski definition) is 4. The van der Waals surface area contributed by atoms with Gasteiger partial charge >= 0.3 is 12.6 Å². The summed E-state index contributed by atoms with van der Waals surface area (Å²) in [4.78, 5) is 39.8. The molecule has 1 fully saturated rings. The van der Waals surface area contributed by atoms with Crippen molar-refractivity contribution in [2.45, 2.75) is 26.5 Å². The van der Waals surface area contributed by atoms with Crippen molar-refractivity contribution in [3.05, 3.63) is 54.1 Å². The molecule has 0 saturated carbocycles. The molecule has 1 atom stereocenters. The zero-order valence-electron chi connectivity index (χ0n) is 15.8. The van der Waals surface area contributed by atoms with Crippen molar-refractivity contribution in [1.82, 2.24) is 4.90 Å². The Kier molecular flexibility index (Phi) is 5.76. The SMILES string of the molecule is Cc1ccc(N2C(=O)N(CC(=O)Nc3ccccc3OC(F)F)C(=O)C2C)cc1. The highest BCUT2D eigenvalue weighted by molar-refractivity contribution is 6.16. The molecule has 1 saturated heterocycles. The Balaban J connectivity index is 1.73. The van der Waals surface area contributed by atoms with E-state index in [-0.39, 0.29) is 11.4 Å². The van der Waals surface area contributed by atoms with E-state index in [1.54, 1.807) is 19.1 Å². The standard InChI is InChI=1S/C20H19F2N3O4/c1-12-7-9-14(10-8-12)25-13(2)18(27)24(20(25)28)11-17(26)23-15-5-3-4-6-16(15)29-19(21)22/h3-10,13,19H,11H2,1-2H3,(H,23,26). The summed E-state index contributed by atoms with van der Waals surface area (Å²) in [5.74, 6) is -1.46. The fourth-order valence-electron chi connectivity index (χ4n) is 3.01. The van der Waals surface area contributed by atoms with Crippen LogP contribution in [0.1, 0.15) is 12.5 Å². The van der Waals surface area contributed by atoms with Gasteiger partial charge in [0.2, 0.25) is 5.91 Å². The van der Waals surface area contributed by atoms with Gasteiger partial charge in [-0.1, -0.05) is 29.8 Å². The van der Waals surface area contributed by atoms with Crippen LogP contribution < -0.4 is 15.0 Å². The zero-order chi connectivity index (χ0) is 21.1. The Morgan fingerprint density at radius 1 is 1.14 bits per heavy atom. The highest BCUT2D eigenvalue weighted by atomic mass is 19.3. The smallest absolute Gasteiger partial charge is 0.387 e. The van der Waals surface area contributed by atoms with Gasteiger partial charge in [0.1, 0.15) is 18.3 Å². The average Bonchev–Trinajstić information content (AvgIpc) is 2.87. The summed E-state index contributed by atoms with van der Waals surface area (Å²) in [6.07, 6.45) is 0. The topological polar surface area (TPSA) is 79.0 Å². The maximum atomic E-state index is 12.7. The van der Waals surface area contributed by atoms with Crippen LogP contribution in [0.25, 0.3) is 0 Å². The molecule has 29 heavy (non-hydrogen) atoms. The number of benzene rings is 2. The number of aryl methyl sites for hydroxylation is 1. The van der Waals surface area contributed by atoms with Crippen LogP contribution in [-0.4, -0.2) is 41.9 Å². The maximum Gasteiger partial charge on any atom is 0.387 e. The first kappa shape index (κ1) is 20.2. The summed E-state index contributed by atoms with van der Waals surface area (Å²) < 4.78 is 29.4. The van der Waals surface area contributed by atoms with Crippen molar-refractivity contribution < 1.29 is 27.9 Å². The fourth-order valence-corrected chi connectivity index (χ4v) is 3.01. The monoisotopic (exact) mass is 403 g/mol. The van der Waals surface area contributed by atoms with E-state index >= 15 is 0 Å². The van der Waals surface area contributed by atoms with Gasteiger partial charge in [-0.2, -0.15) is 8.78 Å². The van der Waals surface area contributed by atoms with E-state index in [0.717, 1.165) is 10.5 Å². The number of amides is 4. The number of carbonyl (C=O) groups is 3. The van der Waals surface area contributed by atoms with Crippen molar-refractivity contribution in [1.29, 1.82) is 0 Å². The van der Waals surface area contributed by atoms with E-state index in [1.807, 2.05) is 19.1 Å². The third kappa shape index (κ3) is 4.34. The molecular weight excluding hydrogens is 384 g/mol. The van der Waals surface area contributed by atoms with Gasteiger partial charge in [0.25, 0.3) is 5.91 Å². The predicted molar refractivity (Wildman–Crippen MR) is 102 cm³/mol. The van der Waals surface area contributed by atoms with Crippen LogP contribution >= 0.6 is 0 Å². The molecule has 1 aliphatic rings. The molecule has 2 aromatic carbocycles. The molecule has 0 aliphatic carbocycles. The Hall–Kier alpha value is -3.49. The molecule has 0 bridgehead atoms. The van der Waals surface area contributed by atoms with Crippen LogP contribution in [0.5, 0.6) is 5.75 Å². The van der Waals surface area contributed by atoms with Crippen molar-refractivity contribution in [2.24, 2.45) is 0 Å². The van der Waals surface area contributed by atoms with E-state index in [4.69, 9.17) is 0 Å². The Morgan fingerprint density at radius 2 is 1.79 bits per heavy atom. The number of hydrogen-bond donors (Lipinski definition) is 1. The van der Waals surface area contributed by atoms with Gasteiger partial charge in [-0.05, 0) is 38.1 Å². The first-order valence-electron chi connectivity index (χ1n) is 8.83. The largest absolute Gasteiger partial charge is 0.433 e. The number of anilines is 2. The minimum absolute atomic E-state index is 0.0142. The molecule has 0 aromatic heterocycles. The molecule has 1 N–H and O–H groups in total. The van der Waals surface area contributed by atoms with Crippen LogP contribution in [0.15, 0.2) is 48.5 Å². The quantitative estimate of drug-likeness (QED) is 0.750. The summed E-state index contributed by atoms with van der Waals surface area (Å²) in [6.45, 7) is -0.133. The molecule has 3 rings (SSSR count). The number of ether oxygens (including phenoxy) is 1. The van der Waals surface area contributed by atoms with E-state index in [1.165, 1.54) is 29.2 Å². The molecule has 0 spiro atoms. The third-order valence-corrected chi connectivity index (χ3v) is 4.44. The third-order valence-electron chi connectivity index (χ3n) is 4.44. The summed E-state index contributed by atoms with van der Waals surface area (Å²) in [5.41, 5.74) is 1.56. The maximum absolute atomic E-state index is 12.7. The van der Waals surface area contributed by atoms with Crippen LogP contribution in [0.2, 0.25) is 0 Å². The second kappa shape index (κ2) is 8.26. The molecule has 0 radical (unpaired) electrons. The van der Waals surface area contributed by atoms with Gasteiger partial charge in [0.15, 0.2) is 0 Å². The average molecular weight is 403 g/mol. The zero-order valence-corrected chi connectivity index (χ0v) is 15.8. The molecule has 1 aliphatic heterocycles. The van der Waals surface area contributed by atoms with Crippen LogP contribution in [0, 0.1) is 6.92 Å². The predicted octanol–water partition coefficient (Wildman–Crippen LogP) is 3.39. The lowest BCUT2D eigenvalue weighted by molar-refractivity contribution is -0.130. The van der Waals surface area contributed by atoms with Crippen molar-refractivity contribution in [3.8, 4) is 5.75 Å². The first-order chi connectivity index (χ1) is 13.8. The van der Waals surface area contributed by atoms with Gasteiger partial charge in [-0.15, -0.1) is 0 Å². The lowest BCUT2D eigenvalue weighted by Crippen LogP contribution is -2.39. The number of carbonyl (C=O) groups excluding carboxylic acids is 3. The molecular formula is C20H19F2N3O4. The number of halogens is 2. The van der Waals surface area contributed by atoms with Gasteiger partial charge < -0.3 is 10.1 Å². The number of rotatable bonds is 6. The molecule has 7 nitrogen and oxygen atoms in total. The fraction of sp³-hybridized carbons (Fsp3) is 0.250. The lowest BCUT2D eigenvalue weighted by atomic mass is 10.2. The highest BCUT2D eigenvalue weighted by Gasteiger charge is 2.44. The molecule has 9 heteroatoms. The van der Waals surface area contributed by atoms with Crippen molar-refractivity contribution in [3.63, 3.8) is 0 Å². The van der Waals surface area contributed by atoms with Crippen LogP contribution in [0.3, 0.4) is 0 Å². The van der Waals surface area contributed by atoms with Crippen molar-refractivity contribution >= 4 is 29.2 Å². The normalized spacial score (nSPS) is 16.5. The van der Waals surface area contributed by atoms with Gasteiger partial charge in [0, 0.05) is 5.69 Å². The number of nitrogens with zero attached hydrogens (tertiary/aromatic N) is 2. The summed E-state index contributed by atoms with van der Waals surface area (Å²) >= 11 is 0. The second-order valence-corrected chi connectivity index (χ2v) is 6.51. The van der Waals surface area contributed by atoms with Crippen molar-refractivity contribution in [2.75, 3.05) is 16.8 Å². The Bertz CT molecular complexity index is 934. The summed E-state index contributed by atoms with van der Waals surface area (Å²) in [6, 6.07) is 11.3. The van der Waals surface area contributed by atoms with Gasteiger partial charge in [-0.3, -0.25) is 19.4 Å². The Morgan fingerprint density at radius 3 is 2.45 bits per heavy atom. The van der Waals surface area contributed by atoms with Crippen LogP contribution in [-0.2, 0) is 9.59 Å². The second-order valence-electron chi connectivity index (χ2n) is 6.51. The molecule has 4 amide bonds. The van der Waals surface area contributed by atoms with E-state index in [0.29, 0.717) is 5.69 Å². The van der Waals surface area contributed by atoms with Crippen LogP contribution in [0.4, 0.5) is 25.0 Å². The minimum Gasteiger partial charge on any atom is -0.433 e. The summed E-state index contributed by atoms with van der Waals surface area (Å²) in [7, 11) is 0. The molecule has 152 valence electrons. The highest BCUT2D eigenvalue weighted by Crippen LogP contribution is 2.27. The number of nitrogens with one attached hydrogen (secondary N) is 1. The van der Waals surface area contributed by atoms with E-state index in [9.17, 15) is 23.2 Å². The number of para-hydroxylation sites is 2. The molecule has 1 unspecified atom stereocenters. The summed E-state index contributed by atoms with van der Waals surface area (Å²) in [5, 5.41) is 2.40. The minimum atomic E-state index is -3.06. The lowest BCUT2D eigenvalue weighted by Gasteiger charge is -2.19. The number of alkyl halides is 2. The Labute approximate surface area is 165 Å². The van der Waals surface area contributed by atoms with E-state index in [2.05, 4.69) is 10.1 Å². The molecule has 1 heterocycles. The number of urea groups is 1. The number of imide groups is 1. The van der Waals surface area contributed by atoms with Gasteiger partial charge in [-0.25, -0.2) is 4.79 Å². The first-order valence-corrected chi connectivity index (χ1v) is 8.83. The van der Waals surface area contributed by atoms with Gasteiger partial charge in [0.05, 0.1) is 5.69 Å². The molecule has 2 aromatic rings.